The van der Waals surface area contributed by atoms with Gasteiger partial charge >= 0.3 is 5.97 Å². The molecule has 0 radical (unpaired) electrons. The van der Waals surface area contributed by atoms with Gasteiger partial charge in [0.1, 0.15) is 0 Å². The molecule has 30 heavy (non-hydrogen) atoms. The fourth-order valence-electron chi connectivity index (χ4n) is 4.03. The minimum absolute atomic E-state index is 0.106. The highest BCUT2D eigenvalue weighted by molar-refractivity contribution is 5.74. The molecule has 0 aromatic heterocycles. The molecular formula is C27H39NO2. The van der Waals surface area contributed by atoms with Crippen molar-refractivity contribution in [1.29, 1.82) is 0 Å². The van der Waals surface area contributed by atoms with Gasteiger partial charge in [0.2, 0.25) is 0 Å². The lowest BCUT2D eigenvalue weighted by atomic mass is 9.87. The molecule has 0 heterocycles. The van der Waals surface area contributed by atoms with Gasteiger partial charge in [-0.1, -0.05) is 70.0 Å². The molecule has 0 aliphatic heterocycles. The number of aryl methyl sites for hydroxylation is 3. The number of hydrogen-bond acceptors (Lipinski definition) is 3. The summed E-state index contributed by atoms with van der Waals surface area (Å²) in [5, 5.41) is 3.54. The maximum absolute atomic E-state index is 11.5. The molecule has 0 fully saturated rings. The second-order valence-corrected chi connectivity index (χ2v) is 7.88. The van der Waals surface area contributed by atoms with Crippen molar-refractivity contribution in [1.82, 2.24) is 5.32 Å². The van der Waals surface area contributed by atoms with Gasteiger partial charge in [-0.15, -0.1) is 0 Å². The Bertz CT molecular complexity index is 797. The number of carbonyl (C=O) groups excluding carboxylic acids is 1. The maximum atomic E-state index is 11.5. The van der Waals surface area contributed by atoms with Crippen LogP contribution in [0.1, 0.15) is 75.6 Å². The molecule has 2 aromatic carbocycles. The number of esters is 1. The zero-order chi connectivity index (χ0) is 21.8. The van der Waals surface area contributed by atoms with Gasteiger partial charge in [-0.25, -0.2) is 0 Å². The summed E-state index contributed by atoms with van der Waals surface area (Å²) in [6.07, 6.45) is 6.83. The summed E-state index contributed by atoms with van der Waals surface area (Å²) in [7, 11) is 0. The molecule has 0 saturated heterocycles. The van der Waals surface area contributed by atoms with E-state index in [1.807, 2.05) is 6.92 Å². The van der Waals surface area contributed by atoms with E-state index in [1.165, 1.54) is 33.4 Å². The third-order valence-corrected chi connectivity index (χ3v) is 5.48. The van der Waals surface area contributed by atoms with E-state index in [9.17, 15) is 4.79 Å². The van der Waals surface area contributed by atoms with Gasteiger partial charge in [-0.2, -0.15) is 0 Å². The summed E-state index contributed by atoms with van der Waals surface area (Å²) in [6, 6.07) is 13.7. The van der Waals surface area contributed by atoms with Crippen LogP contribution in [0.15, 0.2) is 36.4 Å². The molecule has 3 heteroatoms. The van der Waals surface area contributed by atoms with E-state index in [2.05, 4.69) is 62.5 Å². The zero-order valence-electron chi connectivity index (χ0n) is 19.4. The Balaban J connectivity index is 2.25. The van der Waals surface area contributed by atoms with Crippen LogP contribution < -0.4 is 5.32 Å². The van der Waals surface area contributed by atoms with Crippen molar-refractivity contribution >= 4 is 5.97 Å². The molecule has 0 unspecified atom stereocenters. The number of nitrogens with one attached hydrogen (secondary N) is 1. The zero-order valence-corrected chi connectivity index (χ0v) is 19.4. The molecule has 2 rings (SSSR count). The van der Waals surface area contributed by atoms with Gasteiger partial charge in [0.15, 0.2) is 0 Å². The summed E-state index contributed by atoms with van der Waals surface area (Å²) in [6.45, 7) is 10.7. The standard InChI is InChI=1S/C27H39NO2/c1-5-11-22-13-9-14-24(20-28-18-10-15-26(29)30-8-4)27(22)25-17-16-21(7-3)19-23(25)12-6-2/h9,13-14,16-17,19,28H,5-8,10-12,15,18,20H2,1-4H3. The van der Waals surface area contributed by atoms with E-state index in [0.717, 1.165) is 51.6 Å². The third-order valence-electron chi connectivity index (χ3n) is 5.48. The van der Waals surface area contributed by atoms with E-state index < -0.39 is 0 Å². The number of ether oxygens (including phenoxy) is 1. The first-order chi connectivity index (χ1) is 14.6. The minimum atomic E-state index is -0.106. The lowest BCUT2D eigenvalue weighted by Crippen LogP contribution is -2.17. The first-order valence-electron chi connectivity index (χ1n) is 11.7. The Morgan fingerprint density at radius 3 is 2.37 bits per heavy atom. The molecular weight excluding hydrogens is 370 g/mol. The van der Waals surface area contributed by atoms with Gasteiger partial charge in [-0.05, 0) is 72.5 Å². The number of hydrogen-bond donors (Lipinski definition) is 1. The van der Waals surface area contributed by atoms with Crippen LogP contribution >= 0.6 is 0 Å². The molecule has 0 spiro atoms. The van der Waals surface area contributed by atoms with Crippen LogP contribution in [0.3, 0.4) is 0 Å². The first-order valence-corrected chi connectivity index (χ1v) is 11.7. The summed E-state index contributed by atoms with van der Waals surface area (Å²) in [5.41, 5.74) is 8.45. The van der Waals surface area contributed by atoms with E-state index in [0.29, 0.717) is 13.0 Å². The van der Waals surface area contributed by atoms with Crippen LogP contribution in [0, 0.1) is 0 Å². The van der Waals surface area contributed by atoms with Gasteiger partial charge in [-0.3, -0.25) is 4.79 Å². The van der Waals surface area contributed by atoms with E-state index in [-0.39, 0.29) is 5.97 Å². The predicted octanol–water partition coefficient (Wildman–Crippen LogP) is 6.25. The normalized spacial score (nSPS) is 10.9. The monoisotopic (exact) mass is 409 g/mol. The van der Waals surface area contributed by atoms with E-state index in [1.54, 1.807) is 0 Å². The Morgan fingerprint density at radius 2 is 1.67 bits per heavy atom. The first kappa shape index (κ1) is 24.1. The molecule has 0 bridgehead atoms. The van der Waals surface area contributed by atoms with Gasteiger partial charge in [0, 0.05) is 13.0 Å². The quantitative estimate of drug-likeness (QED) is 0.314. The summed E-state index contributed by atoms with van der Waals surface area (Å²) >= 11 is 0. The SMILES string of the molecule is CCCc1cc(CC)ccc1-c1c(CCC)cccc1CNCCCC(=O)OCC. The van der Waals surface area contributed by atoms with E-state index >= 15 is 0 Å². The lowest BCUT2D eigenvalue weighted by molar-refractivity contribution is -0.143. The highest BCUT2D eigenvalue weighted by Crippen LogP contribution is 2.33. The van der Waals surface area contributed by atoms with E-state index in [4.69, 9.17) is 4.74 Å². The molecule has 0 saturated carbocycles. The molecule has 2 aromatic rings. The van der Waals surface area contributed by atoms with Crippen LogP contribution in [0.2, 0.25) is 0 Å². The van der Waals surface area contributed by atoms with Crippen molar-refractivity contribution in [3.05, 3.63) is 58.7 Å². The average molecular weight is 410 g/mol. The van der Waals surface area contributed by atoms with Crippen LogP contribution in [0.4, 0.5) is 0 Å². The third kappa shape index (κ3) is 6.98. The second-order valence-electron chi connectivity index (χ2n) is 7.88. The lowest BCUT2D eigenvalue weighted by Gasteiger charge is -2.19. The van der Waals surface area contributed by atoms with Crippen molar-refractivity contribution in [3.63, 3.8) is 0 Å². The van der Waals surface area contributed by atoms with Gasteiger partial charge in [0.05, 0.1) is 6.61 Å². The van der Waals surface area contributed by atoms with Gasteiger partial charge in [0.25, 0.3) is 0 Å². The van der Waals surface area contributed by atoms with Crippen molar-refractivity contribution in [3.8, 4) is 11.1 Å². The highest BCUT2D eigenvalue weighted by atomic mass is 16.5. The Labute approximate surface area is 183 Å². The summed E-state index contributed by atoms with van der Waals surface area (Å²) in [5.74, 6) is -0.106. The maximum Gasteiger partial charge on any atom is 0.305 e. The average Bonchev–Trinajstić information content (AvgIpc) is 2.74. The fourth-order valence-corrected chi connectivity index (χ4v) is 4.03. The van der Waals surface area contributed by atoms with Crippen LogP contribution in [0.5, 0.6) is 0 Å². The van der Waals surface area contributed by atoms with Crippen molar-refractivity contribution in [2.45, 2.75) is 79.2 Å². The van der Waals surface area contributed by atoms with Crippen molar-refractivity contribution in [2.75, 3.05) is 13.2 Å². The molecule has 164 valence electrons. The Kier molecular flexibility index (Phi) is 10.6. The molecule has 3 nitrogen and oxygen atoms in total. The van der Waals surface area contributed by atoms with Crippen LogP contribution in [-0.4, -0.2) is 19.1 Å². The highest BCUT2D eigenvalue weighted by Gasteiger charge is 2.14. The molecule has 0 aliphatic carbocycles. The minimum Gasteiger partial charge on any atom is -0.466 e. The van der Waals surface area contributed by atoms with Crippen molar-refractivity contribution < 1.29 is 9.53 Å². The Hall–Kier alpha value is -2.13. The Morgan fingerprint density at radius 1 is 0.933 bits per heavy atom. The fraction of sp³-hybridized carbons (Fsp3) is 0.519. The number of benzene rings is 2. The molecule has 0 aliphatic rings. The number of rotatable bonds is 13. The predicted molar refractivity (Wildman–Crippen MR) is 127 cm³/mol. The van der Waals surface area contributed by atoms with Crippen LogP contribution in [-0.2, 0) is 35.3 Å². The second kappa shape index (κ2) is 13.2. The topological polar surface area (TPSA) is 38.3 Å². The van der Waals surface area contributed by atoms with Crippen molar-refractivity contribution in [2.24, 2.45) is 0 Å². The van der Waals surface area contributed by atoms with Crippen LogP contribution in [0.25, 0.3) is 11.1 Å². The molecule has 0 amide bonds. The smallest absolute Gasteiger partial charge is 0.305 e. The number of carbonyl (C=O) groups is 1. The molecule has 1 N–H and O–H groups in total. The molecule has 0 atom stereocenters. The summed E-state index contributed by atoms with van der Waals surface area (Å²) < 4.78 is 5.01. The largest absolute Gasteiger partial charge is 0.466 e. The summed E-state index contributed by atoms with van der Waals surface area (Å²) in [4.78, 5) is 11.5. The van der Waals surface area contributed by atoms with Gasteiger partial charge < -0.3 is 10.1 Å².